The molecule has 1 aromatic carbocycles. The summed E-state index contributed by atoms with van der Waals surface area (Å²) >= 11 is 0. The number of ether oxygens (including phenoxy) is 1. The molecule has 1 aliphatic heterocycles. The number of halogens is 1. The largest absolute Gasteiger partial charge is 0.374 e. The van der Waals surface area contributed by atoms with Crippen molar-refractivity contribution in [3.63, 3.8) is 0 Å². The maximum atomic E-state index is 5.93. The normalized spacial score (nSPS) is 23.6. The maximum Gasteiger partial charge on any atom is 0.0827 e. The zero-order valence-corrected chi connectivity index (χ0v) is 11.1. The van der Waals surface area contributed by atoms with Gasteiger partial charge >= 0.3 is 0 Å². The van der Waals surface area contributed by atoms with E-state index in [1.165, 1.54) is 50.5 Å². The number of rotatable bonds is 1. The first-order chi connectivity index (χ1) is 7.95. The minimum atomic E-state index is 0. The highest BCUT2D eigenvalue weighted by atomic mass is 35.5. The number of hydrogen-bond acceptors (Lipinski definition) is 1. The van der Waals surface area contributed by atoms with Gasteiger partial charge in [0.15, 0.2) is 0 Å². The summed E-state index contributed by atoms with van der Waals surface area (Å²) < 4.78 is 5.93. The Morgan fingerprint density at radius 3 is 2.71 bits per heavy atom. The Labute approximate surface area is 110 Å². The molecule has 1 nitrogen and oxygen atoms in total. The predicted octanol–water partition coefficient (Wildman–Crippen LogP) is 4.23. The molecule has 0 radical (unpaired) electrons. The van der Waals surface area contributed by atoms with Crippen molar-refractivity contribution in [2.75, 3.05) is 6.61 Å². The lowest BCUT2D eigenvalue weighted by Crippen LogP contribution is -2.15. The summed E-state index contributed by atoms with van der Waals surface area (Å²) in [4.78, 5) is 0. The van der Waals surface area contributed by atoms with Crippen molar-refractivity contribution in [3.8, 4) is 0 Å². The lowest BCUT2D eigenvalue weighted by Gasteiger charge is -2.27. The Morgan fingerprint density at radius 2 is 1.88 bits per heavy atom. The maximum absolute atomic E-state index is 5.93. The van der Waals surface area contributed by atoms with Crippen molar-refractivity contribution < 1.29 is 4.74 Å². The lowest BCUT2D eigenvalue weighted by molar-refractivity contribution is 0.0143. The molecule has 0 aromatic heterocycles. The molecule has 94 valence electrons. The van der Waals surface area contributed by atoms with E-state index < -0.39 is 0 Å². The Bertz CT molecular complexity index is 369. The highest BCUT2D eigenvalue weighted by Gasteiger charge is 2.21. The van der Waals surface area contributed by atoms with Gasteiger partial charge in [0.1, 0.15) is 0 Å². The van der Waals surface area contributed by atoms with E-state index in [1.54, 1.807) is 11.1 Å². The molecule has 2 aliphatic rings. The quantitative estimate of drug-likeness (QED) is 0.727. The SMILES string of the molecule is Cl.c1cc2c(c(C3CCCCO3)c1)CCCC2. The first-order valence-electron chi connectivity index (χ1n) is 6.67. The fraction of sp³-hybridized carbons (Fsp3) is 0.600. The van der Waals surface area contributed by atoms with Gasteiger partial charge in [0, 0.05) is 6.61 Å². The smallest absolute Gasteiger partial charge is 0.0827 e. The molecular weight excluding hydrogens is 232 g/mol. The summed E-state index contributed by atoms with van der Waals surface area (Å²) in [5, 5.41) is 0. The van der Waals surface area contributed by atoms with Crippen LogP contribution in [0.5, 0.6) is 0 Å². The molecule has 0 spiro atoms. The Hall–Kier alpha value is -0.530. The van der Waals surface area contributed by atoms with E-state index in [1.807, 2.05) is 0 Å². The van der Waals surface area contributed by atoms with E-state index in [4.69, 9.17) is 4.74 Å². The monoisotopic (exact) mass is 252 g/mol. The molecule has 3 rings (SSSR count). The van der Waals surface area contributed by atoms with Crippen LogP contribution in [0, 0.1) is 0 Å². The fourth-order valence-electron chi connectivity index (χ4n) is 3.10. The molecule has 1 heterocycles. The van der Waals surface area contributed by atoms with Crippen molar-refractivity contribution in [3.05, 3.63) is 34.9 Å². The minimum absolute atomic E-state index is 0. The van der Waals surface area contributed by atoms with Crippen molar-refractivity contribution in [2.45, 2.75) is 51.0 Å². The number of aryl methyl sites for hydroxylation is 1. The molecule has 1 unspecified atom stereocenters. The van der Waals surface area contributed by atoms with Gasteiger partial charge in [-0.1, -0.05) is 18.2 Å². The molecule has 0 saturated carbocycles. The number of benzene rings is 1. The average Bonchev–Trinajstić information content (AvgIpc) is 2.39. The summed E-state index contributed by atoms with van der Waals surface area (Å²) in [7, 11) is 0. The van der Waals surface area contributed by atoms with Crippen LogP contribution < -0.4 is 0 Å². The van der Waals surface area contributed by atoms with E-state index in [9.17, 15) is 0 Å². The van der Waals surface area contributed by atoms with Crippen LogP contribution in [0.4, 0.5) is 0 Å². The Kier molecular flexibility index (Phi) is 4.47. The third-order valence-electron chi connectivity index (χ3n) is 3.96. The first kappa shape index (κ1) is 12.9. The van der Waals surface area contributed by atoms with Crippen LogP contribution in [0.3, 0.4) is 0 Å². The van der Waals surface area contributed by atoms with Crippen molar-refractivity contribution >= 4 is 12.4 Å². The third-order valence-corrected chi connectivity index (χ3v) is 3.96. The van der Waals surface area contributed by atoms with Gasteiger partial charge in [-0.25, -0.2) is 0 Å². The van der Waals surface area contributed by atoms with Crippen LogP contribution in [0.15, 0.2) is 18.2 Å². The van der Waals surface area contributed by atoms with Gasteiger partial charge in [0.2, 0.25) is 0 Å². The molecule has 1 aliphatic carbocycles. The van der Waals surface area contributed by atoms with E-state index in [0.717, 1.165) is 6.61 Å². The topological polar surface area (TPSA) is 9.23 Å². The number of hydrogen-bond donors (Lipinski definition) is 0. The van der Waals surface area contributed by atoms with Crippen LogP contribution in [-0.2, 0) is 17.6 Å². The third kappa shape index (κ3) is 2.66. The Morgan fingerprint density at radius 1 is 1.00 bits per heavy atom. The zero-order chi connectivity index (χ0) is 10.8. The van der Waals surface area contributed by atoms with Crippen LogP contribution in [0.25, 0.3) is 0 Å². The van der Waals surface area contributed by atoms with Crippen molar-refractivity contribution in [2.24, 2.45) is 0 Å². The van der Waals surface area contributed by atoms with Gasteiger partial charge in [0.05, 0.1) is 6.10 Å². The van der Waals surface area contributed by atoms with Gasteiger partial charge < -0.3 is 4.74 Å². The molecular formula is C15H21ClO. The summed E-state index contributed by atoms with van der Waals surface area (Å²) in [6.45, 7) is 0.953. The molecule has 1 atom stereocenters. The Balaban J connectivity index is 0.00000108. The highest BCUT2D eigenvalue weighted by Crippen LogP contribution is 2.34. The van der Waals surface area contributed by atoms with Crippen molar-refractivity contribution in [1.82, 2.24) is 0 Å². The van der Waals surface area contributed by atoms with Gasteiger partial charge in [-0.05, 0) is 61.6 Å². The molecule has 1 saturated heterocycles. The standard InChI is InChI=1S/C15H20O.ClH/c1-2-8-13-12(6-1)7-5-9-14(13)15-10-3-4-11-16-15;/h5,7,9,15H,1-4,6,8,10-11H2;1H. The van der Waals surface area contributed by atoms with Crippen LogP contribution >= 0.6 is 12.4 Å². The van der Waals surface area contributed by atoms with Gasteiger partial charge in [0.25, 0.3) is 0 Å². The molecule has 0 N–H and O–H groups in total. The number of fused-ring (bicyclic) bond motifs is 1. The summed E-state index contributed by atoms with van der Waals surface area (Å²) in [6.07, 6.45) is 9.44. The van der Waals surface area contributed by atoms with Gasteiger partial charge in [-0.2, -0.15) is 0 Å². The molecule has 0 bridgehead atoms. The summed E-state index contributed by atoms with van der Waals surface area (Å²) in [5.41, 5.74) is 4.69. The lowest BCUT2D eigenvalue weighted by atomic mass is 9.85. The second kappa shape index (κ2) is 5.88. The molecule has 1 aromatic rings. The second-order valence-corrected chi connectivity index (χ2v) is 5.05. The molecule has 2 heteroatoms. The van der Waals surface area contributed by atoms with E-state index in [0.29, 0.717) is 6.10 Å². The minimum Gasteiger partial charge on any atom is -0.374 e. The average molecular weight is 253 g/mol. The fourth-order valence-corrected chi connectivity index (χ4v) is 3.10. The summed E-state index contributed by atoms with van der Waals surface area (Å²) in [5.74, 6) is 0. The molecule has 17 heavy (non-hydrogen) atoms. The van der Waals surface area contributed by atoms with Gasteiger partial charge in [-0.3, -0.25) is 0 Å². The predicted molar refractivity (Wildman–Crippen MR) is 72.9 cm³/mol. The van der Waals surface area contributed by atoms with E-state index in [2.05, 4.69) is 18.2 Å². The van der Waals surface area contributed by atoms with Gasteiger partial charge in [-0.15, -0.1) is 12.4 Å². The van der Waals surface area contributed by atoms with E-state index >= 15 is 0 Å². The van der Waals surface area contributed by atoms with Crippen LogP contribution in [0.2, 0.25) is 0 Å². The van der Waals surface area contributed by atoms with Crippen LogP contribution in [-0.4, -0.2) is 6.61 Å². The highest BCUT2D eigenvalue weighted by molar-refractivity contribution is 5.85. The summed E-state index contributed by atoms with van der Waals surface area (Å²) in [6, 6.07) is 6.82. The zero-order valence-electron chi connectivity index (χ0n) is 10.3. The molecule has 0 amide bonds. The van der Waals surface area contributed by atoms with E-state index in [-0.39, 0.29) is 12.4 Å². The van der Waals surface area contributed by atoms with Crippen molar-refractivity contribution in [1.29, 1.82) is 0 Å². The van der Waals surface area contributed by atoms with Crippen LogP contribution in [0.1, 0.15) is 54.9 Å². The molecule has 1 fully saturated rings. The first-order valence-corrected chi connectivity index (χ1v) is 6.67. The second-order valence-electron chi connectivity index (χ2n) is 5.05.